The minimum atomic E-state index is 0.808. The largest absolute Gasteiger partial charge is 0.316 e. The molecule has 2 aromatic rings. The average molecular weight is 270 g/mol. The van der Waals surface area contributed by atoms with Gasteiger partial charge >= 0.3 is 0 Å². The van der Waals surface area contributed by atoms with Gasteiger partial charge in [-0.15, -0.1) is 11.3 Å². The molecule has 4 heteroatoms. The second-order valence-corrected chi connectivity index (χ2v) is 6.05. The highest BCUT2D eigenvalue weighted by molar-refractivity contribution is 8.01. The summed E-state index contributed by atoms with van der Waals surface area (Å²) in [5.74, 6) is 0. The summed E-state index contributed by atoms with van der Waals surface area (Å²) in [4.78, 5) is 1.19. The van der Waals surface area contributed by atoms with Crippen molar-refractivity contribution < 1.29 is 0 Å². The van der Waals surface area contributed by atoms with Crippen LogP contribution in [0.15, 0.2) is 44.8 Å². The topological polar surface area (TPSA) is 12.0 Å². The van der Waals surface area contributed by atoms with E-state index < -0.39 is 0 Å². The molecule has 2 rings (SSSR count). The molecule has 1 aromatic heterocycles. The third kappa shape index (κ3) is 3.01. The molecular formula is C12H12ClNS2. The van der Waals surface area contributed by atoms with Crippen LogP contribution in [0.2, 0.25) is 5.02 Å². The maximum Gasteiger partial charge on any atom is 0.0646 e. The molecule has 0 saturated heterocycles. The zero-order valence-corrected chi connectivity index (χ0v) is 11.3. The lowest BCUT2D eigenvalue weighted by atomic mass is 10.2. The normalized spacial score (nSPS) is 10.6. The molecule has 0 atom stereocenters. The van der Waals surface area contributed by atoms with Gasteiger partial charge in [-0.05, 0) is 36.2 Å². The molecule has 0 aliphatic rings. The second-order valence-electron chi connectivity index (χ2n) is 3.32. The predicted molar refractivity (Wildman–Crippen MR) is 72.7 cm³/mol. The van der Waals surface area contributed by atoms with E-state index in [9.17, 15) is 0 Å². The Balaban J connectivity index is 2.15. The predicted octanol–water partition coefficient (Wildman–Crippen LogP) is 4.27. The molecular weight excluding hydrogens is 258 g/mol. The highest BCUT2D eigenvalue weighted by Gasteiger charge is 2.03. The van der Waals surface area contributed by atoms with Gasteiger partial charge in [-0.2, -0.15) is 0 Å². The van der Waals surface area contributed by atoms with Crippen LogP contribution < -0.4 is 5.32 Å². The Hall–Kier alpha value is -0.480. The van der Waals surface area contributed by atoms with Crippen LogP contribution in [0.1, 0.15) is 5.56 Å². The van der Waals surface area contributed by atoms with E-state index >= 15 is 0 Å². The molecule has 0 amide bonds. The van der Waals surface area contributed by atoms with Crippen molar-refractivity contribution >= 4 is 34.7 Å². The van der Waals surface area contributed by atoms with Gasteiger partial charge in [-0.1, -0.05) is 35.5 Å². The van der Waals surface area contributed by atoms with Crippen molar-refractivity contribution in [2.75, 3.05) is 7.05 Å². The van der Waals surface area contributed by atoms with Crippen LogP contribution in [0.3, 0.4) is 0 Å². The summed E-state index contributed by atoms with van der Waals surface area (Å²) in [5.41, 5.74) is 1.14. The van der Waals surface area contributed by atoms with Crippen molar-refractivity contribution in [1.29, 1.82) is 0 Å². The molecule has 1 aromatic carbocycles. The van der Waals surface area contributed by atoms with Crippen LogP contribution in [0, 0.1) is 0 Å². The summed E-state index contributed by atoms with van der Waals surface area (Å²) >= 11 is 9.69. The summed E-state index contributed by atoms with van der Waals surface area (Å²) in [6.07, 6.45) is 0. The van der Waals surface area contributed by atoms with Gasteiger partial charge in [0.25, 0.3) is 0 Å². The first-order valence-corrected chi connectivity index (χ1v) is 7.01. The molecule has 1 N–H and O–H groups in total. The van der Waals surface area contributed by atoms with E-state index in [2.05, 4.69) is 35.0 Å². The molecule has 16 heavy (non-hydrogen) atoms. The number of thiophene rings is 1. The molecule has 0 saturated carbocycles. The van der Waals surface area contributed by atoms with E-state index in [1.165, 1.54) is 9.10 Å². The molecule has 0 fully saturated rings. The maximum absolute atomic E-state index is 6.20. The number of nitrogens with one attached hydrogen (secondary N) is 1. The summed E-state index contributed by atoms with van der Waals surface area (Å²) in [7, 11) is 1.92. The van der Waals surface area contributed by atoms with Crippen LogP contribution in [-0.2, 0) is 6.54 Å². The minimum Gasteiger partial charge on any atom is -0.316 e. The third-order valence-electron chi connectivity index (χ3n) is 2.11. The molecule has 0 unspecified atom stereocenters. The Bertz CT molecular complexity index is 454. The number of rotatable bonds is 4. The van der Waals surface area contributed by atoms with E-state index in [4.69, 9.17) is 11.6 Å². The van der Waals surface area contributed by atoms with Crippen molar-refractivity contribution in [3.05, 3.63) is 46.3 Å². The Morgan fingerprint density at radius 2 is 2.25 bits per heavy atom. The Morgan fingerprint density at radius 1 is 1.38 bits per heavy atom. The fraction of sp³-hybridized carbons (Fsp3) is 0.167. The Labute approximate surface area is 109 Å². The van der Waals surface area contributed by atoms with Gasteiger partial charge in [0.05, 0.1) is 4.21 Å². The van der Waals surface area contributed by atoms with Crippen molar-refractivity contribution in [1.82, 2.24) is 5.32 Å². The van der Waals surface area contributed by atoms with E-state index in [1.807, 2.05) is 13.1 Å². The molecule has 0 radical (unpaired) electrons. The zero-order chi connectivity index (χ0) is 11.4. The van der Waals surface area contributed by atoms with Crippen LogP contribution in [-0.4, -0.2) is 7.05 Å². The van der Waals surface area contributed by atoms with Crippen molar-refractivity contribution in [3.8, 4) is 0 Å². The van der Waals surface area contributed by atoms with E-state index in [1.54, 1.807) is 23.1 Å². The zero-order valence-electron chi connectivity index (χ0n) is 8.87. The molecule has 1 heterocycles. The van der Waals surface area contributed by atoms with Gasteiger partial charge in [-0.3, -0.25) is 0 Å². The molecule has 0 spiro atoms. The first-order valence-electron chi connectivity index (χ1n) is 4.94. The highest BCUT2D eigenvalue weighted by Crippen LogP contribution is 2.33. The highest BCUT2D eigenvalue weighted by atomic mass is 35.5. The number of hydrogen-bond donors (Lipinski definition) is 1. The molecule has 1 nitrogen and oxygen atoms in total. The Morgan fingerprint density at radius 3 is 2.88 bits per heavy atom. The quantitative estimate of drug-likeness (QED) is 0.890. The maximum atomic E-state index is 6.20. The SMILES string of the molecule is CNCc1ccc(Sc2cccs2)cc1Cl. The van der Waals surface area contributed by atoms with E-state index in [0.29, 0.717) is 0 Å². The van der Waals surface area contributed by atoms with Crippen molar-refractivity contribution in [3.63, 3.8) is 0 Å². The van der Waals surface area contributed by atoms with Crippen molar-refractivity contribution in [2.24, 2.45) is 0 Å². The van der Waals surface area contributed by atoms with E-state index in [0.717, 1.165) is 17.1 Å². The van der Waals surface area contributed by atoms with Crippen LogP contribution in [0.5, 0.6) is 0 Å². The van der Waals surface area contributed by atoms with Crippen LogP contribution >= 0.6 is 34.7 Å². The van der Waals surface area contributed by atoms with Crippen LogP contribution in [0.4, 0.5) is 0 Å². The summed E-state index contributed by atoms with van der Waals surface area (Å²) in [6.45, 7) is 0.808. The van der Waals surface area contributed by atoms with E-state index in [-0.39, 0.29) is 0 Å². The molecule has 0 aliphatic carbocycles. The number of halogens is 1. The standard InChI is InChI=1S/C12H12ClNS2/c1-14-8-9-4-5-10(7-11(9)13)16-12-3-2-6-15-12/h2-7,14H,8H2,1H3. The summed E-state index contributed by atoms with van der Waals surface area (Å²) < 4.78 is 1.29. The van der Waals surface area contributed by atoms with Gasteiger partial charge in [0.2, 0.25) is 0 Å². The second kappa shape index (κ2) is 5.73. The van der Waals surface area contributed by atoms with Gasteiger partial charge in [-0.25, -0.2) is 0 Å². The van der Waals surface area contributed by atoms with Gasteiger partial charge in [0, 0.05) is 16.5 Å². The lowest BCUT2D eigenvalue weighted by Gasteiger charge is -2.05. The minimum absolute atomic E-state index is 0.808. The first kappa shape index (κ1) is 12.0. The van der Waals surface area contributed by atoms with Crippen molar-refractivity contribution in [2.45, 2.75) is 15.6 Å². The summed E-state index contributed by atoms with van der Waals surface area (Å²) in [5, 5.41) is 6.01. The average Bonchev–Trinajstić information content (AvgIpc) is 2.75. The monoisotopic (exact) mass is 269 g/mol. The fourth-order valence-corrected chi connectivity index (χ4v) is 3.46. The molecule has 0 aliphatic heterocycles. The summed E-state index contributed by atoms with van der Waals surface area (Å²) in [6, 6.07) is 10.4. The van der Waals surface area contributed by atoms with Gasteiger partial charge in [0.1, 0.15) is 0 Å². The lowest BCUT2D eigenvalue weighted by molar-refractivity contribution is 0.817. The Kier molecular flexibility index (Phi) is 4.29. The fourth-order valence-electron chi connectivity index (χ4n) is 1.36. The lowest BCUT2D eigenvalue weighted by Crippen LogP contribution is -2.05. The third-order valence-corrected chi connectivity index (χ3v) is 4.48. The van der Waals surface area contributed by atoms with Gasteiger partial charge < -0.3 is 5.32 Å². The molecule has 0 bridgehead atoms. The number of hydrogen-bond acceptors (Lipinski definition) is 3. The number of benzene rings is 1. The van der Waals surface area contributed by atoms with Crippen LogP contribution in [0.25, 0.3) is 0 Å². The molecule has 84 valence electrons. The first-order chi connectivity index (χ1) is 7.79. The van der Waals surface area contributed by atoms with Gasteiger partial charge in [0.15, 0.2) is 0 Å². The smallest absolute Gasteiger partial charge is 0.0646 e.